The second-order valence-electron chi connectivity index (χ2n) is 9.90. The van der Waals surface area contributed by atoms with Crippen LogP contribution in [0.4, 0.5) is 0 Å². The van der Waals surface area contributed by atoms with Gasteiger partial charge in [0.15, 0.2) is 0 Å². The SMILES string of the molecule is COc1ccc(Cc2c(OC)ccc(Cl)c2CC2(C)C(=O)CCC3(C)C(O)CCC23)cc1. The number of rotatable bonds is 6. The van der Waals surface area contributed by atoms with E-state index in [2.05, 4.69) is 13.8 Å². The summed E-state index contributed by atoms with van der Waals surface area (Å²) in [5, 5.41) is 11.4. The fourth-order valence-corrected chi connectivity index (χ4v) is 6.47. The highest BCUT2D eigenvalue weighted by Crippen LogP contribution is 2.59. The minimum atomic E-state index is -0.560. The topological polar surface area (TPSA) is 55.8 Å². The second-order valence-corrected chi connectivity index (χ2v) is 10.3. The summed E-state index contributed by atoms with van der Waals surface area (Å²) in [4.78, 5) is 13.3. The summed E-state index contributed by atoms with van der Waals surface area (Å²) in [7, 11) is 3.32. The maximum Gasteiger partial charge on any atom is 0.139 e. The predicted molar refractivity (Wildman–Crippen MR) is 127 cm³/mol. The zero-order valence-electron chi connectivity index (χ0n) is 19.4. The number of carbonyl (C=O) groups is 1. The molecule has 5 heteroatoms. The van der Waals surface area contributed by atoms with Gasteiger partial charge in [-0.2, -0.15) is 0 Å². The van der Waals surface area contributed by atoms with Crippen molar-refractivity contribution in [2.45, 2.75) is 58.5 Å². The van der Waals surface area contributed by atoms with Crippen LogP contribution in [0.15, 0.2) is 36.4 Å². The number of fused-ring (bicyclic) bond motifs is 1. The fourth-order valence-electron chi connectivity index (χ4n) is 6.22. The number of carbonyl (C=O) groups excluding carboxylic acids is 1. The molecule has 2 aromatic carbocycles. The van der Waals surface area contributed by atoms with E-state index in [-0.39, 0.29) is 23.2 Å². The number of hydrogen-bond donors (Lipinski definition) is 1. The lowest BCUT2D eigenvalue weighted by molar-refractivity contribution is -0.143. The summed E-state index contributed by atoms with van der Waals surface area (Å²) in [6, 6.07) is 11.8. The predicted octanol–water partition coefficient (Wildman–Crippen LogP) is 5.64. The molecule has 0 saturated heterocycles. The monoisotopic (exact) mass is 456 g/mol. The van der Waals surface area contributed by atoms with Crippen molar-refractivity contribution in [3.05, 3.63) is 58.1 Å². The molecule has 0 aromatic heterocycles. The number of benzene rings is 2. The molecule has 0 radical (unpaired) electrons. The zero-order chi connectivity index (χ0) is 23.1. The maximum absolute atomic E-state index is 13.3. The summed E-state index contributed by atoms with van der Waals surface area (Å²) >= 11 is 6.77. The van der Waals surface area contributed by atoms with Gasteiger partial charge in [-0.3, -0.25) is 4.79 Å². The number of aliphatic hydroxyl groups excluding tert-OH is 1. The molecule has 1 N–H and O–H groups in total. The standard InChI is InChI=1S/C27H33ClO4/c1-26-14-13-25(30)27(2,23(26)11-12-24(26)29)16-20-19(22(32-4)10-9-21(20)28)15-17-5-7-18(31-3)8-6-17/h5-10,23-24,29H,11-16H2,1-4H3. The van der Waals surface area contributed by atoms with Gasteiger partial charge in [0.1, 0.15) is 17.3 Å². The molecule has 4 unspecified atom stereocenters. The maximum atomic E-state index is 13.3. The van der Waals surface area contributed by atoms with E-state index in [1.807, 2.05) is 36.4 Å². The van der Waals surface area contributed by atoms with E-state index in [9.17, 15) is 9.90 Å². The van der Waals surface area contributed by atoms with Crippen LogP contribution >= 0.6 is 11.6 Å². The van der Waals surface area contributed by atoms with Crippen LogP contribution in [-0.2, 0) is 17.6 Å². The zero-order valence-corrected chi connectivity index (χ0v) is 20.2. The smallest absolute Gasteiger partial charge is 0.139 e. The third-order valence-corrected chi connectivity index (χ3v) is 8.57. The van der Waals surface area contributed by atoms with Crippen LogP contribution in [-0.4, -0.2) is 31.2 Å². The Morgan fingerprint density at radius 1 is 1.03 bits per heavy atom. The number of aliphatic hydroxyl groups is 1. The molecule has 0 spiro atoms. The van der Waals surface area contributed by atoms with E-state index >= 15 is 0 Å². The number of hydrogen-bond acceptors (Lipinski definition) is 4. The number of methoxy groups -OCH3 is 2. The first-order valence-corrected chi connectivity index (χ1v) is 11.8. The van der Waals surface area contributed by atoms with Gasteiger partial charge >= 0.3 is 0 Å². The van der Waals surface area contributed by atoms with Gasteiger partial charge in [-0.25, -0.2) is 0 Å². The van der Waals surface area contributed by atoms with E-state index in [0.29, 0.717) is 24.3 Å². The first-order chi connectivity index (χ1) is 15.2. The summed E-state index contributed by atoms with van der Waals surface area (Å²) in [5.41, 5.74) is 2.33. The molecule has 0 bridgehead atoms. The average Bonchev–Trinajstić information content (AvgIpc) is 3.10. The number of Topliss-reactive ketones (excluding diaryl/α,β-unsaturated/α-hetero) is 1. The van der Waals surface area contributed by atoms with Crippen LogP contribution in [0.1, 0.15) is 56.2 Å². The van der Waals surface area contributed by atoms with Crippen molar-refractivity contribution in [2.75, 3.05) is 14.2 Å². The molecule has 2 aromatic rings. The summed E-state index contributed by atoms with van der Waals surface area (Å²) in [6.07, 6.45) is 3.76. The molecule has 32 heavy (non-hydrogen) atoms. The molecule has 2 saturated carbocycles. The van der Waals surface area contributed by atoms with E-state index in [0.717, 1.165) is 47.5 Å². The molecule has 4 nitrogen and oxygen atoms in total. The Kier molecular flexibility index (Phi) is 6.30. The van der Waals surface area contributed by atoms with Gasteiger partial charge in [-0.1, -0.05) is 37.6 Å². The molecular formula is C27H33ClO4. The van der Waals surface area contributed by atoms with Crippen molar-refractivity contribution in [3.63, 3.8) is 0 Å². The van der Waals surface area contributed by atoms with E-state index in [1.165, 1.54) is 0 Å². The molecule has 0 aliphatic heterocycles. The first kappa shape index (κ1) is 23.1. The van der Waals surface area contributed by atoms with Crippen LogP contribution in [0.3, 0.4) is 0 Å². The van der Waals surface area contributed by atoms with Crippen LogP contribution in [0, 0.1) is 16.7 Å². The Morgan fingerprint density at radius 2 is 1.75 bits per heavy atom. The second kappa shape index (κ2) is 8.72. The summed E-state index contributed by atoms with van der Waals surface area (Å²) in [6.45, 7) is 4.24. The number of halogens is 1. The van der Waals surface area contributed by atoms with Gasteiger partial charge in [0, 0.05) is 28.8 Å². The van der Waals surface area contributed by atoms with Crippen molar-refractivity contribution in [2.24, 2.45) is 16.7 Å². The van der Waals surface area contributed by atoms with Crippen molar-refractivity contribution in [1.29, 1.82) is 0 Å². The third kappa shape index (κ3) is 3.82. The quantitative estimate of drug-likeness (QED) is 0.611. The lowest BCUT2D eigenvalue weighted by Gasteiger charge is -2.49. The molecule has 2 aliphatic rings. The van der Waals surface area contributed by atoms with Crippen molar-refractivity contribution in [1.82, 2.24) is 0 Å². The Labute approximate surface area is 195 Å². The van der Waals surface area contributed by atoms with Gasteiger partial charge in [-0.05, 0) is 72.4 Å². The Hall–Kier alpha value is -2.04. The molecule has 0 amide bonds. The van der Waals surface area contributed by atoms with Crippen LogP contribution < -0.4 is 9.47 Å². The van der Waals surface area contributed by atoms with Crippen LogP contribution in [0.5, 0.6) is 11.5 Å². The highest BCUT2D eigenvalue weighted by Gasteiger charge is 2.58. The summed E-state index contributed by atoms with van der Waals surface area (Å²) in [5.74, 6) is 2.01. The van der Waals surface area contributed by atoms with Crippen molar-refractivity contribution in [3.8, 4) is 11.5 Å². The van der Waals surface area contributed by atoms with Gasteiger partial charge in [0.05, 0.1) is 20.3 Å². The largest absolute Gasteiger partial charge is 0.497 e. The lowest BCUT2D eigenvalue weighted by atomic mass is 9.54. The third-order valence-electron chi connectivity index (χ3n) is 8.22. The Bertz CT molecular complexity index is 1000. The van der Waals surface area contributed by atoms with Crippen molar-refractivity contribution < 1.29 is 19.4 Å². The van der Waals surface area contributed by atoms with Crippen molar-refractivity contribution >= 4 is 17.4 Å². The van der Waals surface area contributed by atoms with Gasteiger partial charge < -0.3 is 14.6 Å². The van der Waals surface area contributed by atoms with Gasteiger partial charge in [0.2, 0.25) is 0 Å². The summed E-state index contributed by atoms with van der Waals surface area (Å²) < 4.78 is 11.0. The molecule has 172 valence electrons. The highest BCUT2D eigenvalue weighted by atomic mass is 35.5. The van der Waals surface area contributed by atoms with Crippen LogP contribution in [0.2, 0.25) is 5.02 Å². The molecule has 4 atom stereocenters. The fraction of sp³-hybridized carbons (Fsp3) is 0.519. The normalized spacial score (nSPS) is 29.6. The minimum Gasteiger partial charge on any atom is -0.497 e. The lowest BCUT2D eigenvalue weighted by Crippen LogP contribution is -2.51. The van der Waals surface area contributed by atoms with Gasteiger partial charge in [-0.15, -0.1) is 0 Å². The Morgan fingerprint density at radius 3 is 2.41 bits per heavy atom. The van der Waals surface area contributed by atoms with E-state index in [1.54, 1.807) is 14.2 Å². The molecule has 4 rings (SSSR count). The minimum absolute atomic E-state index is 0.141. The molecule has 2 fully saturated rings. The van der Waals surface area contributed by atoms with E-state index < -0.39 is 5.41 Å². The number of ketones is 1. The van der Waals surface area contributed by atoms with Gasteiger partial charge in [0.25, 0.3) is 0 Å². The van der Waals surface area contributed by atoms with E-state index in [4.69, 9.17) is 21.1 Å². The molecule has 0 heterocycles. The Balaban J connectivity index is 1.75. The highest BCUT2D eigenvalue weighted by molar-refractivity contribution is 6.31. The van der Waals surface area contributed by atoms with Crippen LogP contribution in [0.25, 0.3) is 0 Å². The average molecular weight is 457 g/mol. The molecular weight excluding hydrogens is 424 g/mol. The number of ether oxygens (including phenoxy) is 2. The molecule has 2 aliphatic carbocycles. The first-order valence-electron chi connectivity index (χ1n) is 11.4.